The number of nitriles is 1. The van der Waals surface area contributed by atoms with E-state index in [4.69, 9.17) is 5.26 Å². The topological polar surface area (TPSA) is 23.8 Å². The quantitative estimate of drug-likeness (QED) is 0.315. The van der Waals surface area contributed by atoms with Gasteiger partial charge in [-0.2, -0.15) is 5.26 Å². The van der Waals surface area contributed by atoms with Crippen LogP contribution in [0.3, 0.4) is 0 Å². The molecule has 0 atom stereocenters. The minimum absolute atomic E-state index is 0.718. The number of nitrogens with zero attached hydrogens (tertiary/aromatic N) is 1. The van der Waals surface area contributed by atoms with Crippen molar-refractivity contribution in [3.63, 3.8) is 0 Å². The molecule has 1 fully saturated rings. The smallest absolute Gasteiger partial charge is 0.0908 e. The maximum atomic E-state index is 8.57. The molecule has 0 radical (unpaired) electrons. The molecule has 1 aliphatic rings. The SMILES string of the molecule is CCCCCc1ccc(-c2ccc(C3CCC(CC/C=C\C#N)CC3)cc2)cc1. The summed E-state index contributed by atoms with van der Waals surface area (Å²) in [5.41, 5.74) is 5.61. The molecule has 0 unspecified atom stereocenters. The van der Waals surface area contributed by atoms with E-state index in [1.807, 2.05) is 6.08 Å². The predicted molar refractivity (Wildman–Crippen MR) is 124 cm³/mol. The highest BCUT2D eigenvalue weighted by Crippen LogP contribution is 2.38. The normalized spacial score (nSPS) is 19.3. The molecule has 0 saturated heterocycles. The van der Waals surface area contributed by atoms with Crippen molar-refractivity contribution in [2.45, 2.75) is 77.0 Å². The molecule has 1 saturated carbocycles. The molecular formula is C28H35N. The van der Waals surface area contributed by atoms with E-state index in [0.717, 1.165) is 18.3 Å². The number of aryl methyl sites for hydroxylation is 1. The predicted octanol–water partition coefficient (Wildman–Crippen LogP) is 8.22. The molecule has 1 heteroatoms. The van der Waals surface area contributed by atoms with E-state index in [9.17, 15) is 0 Å². The molecule has 0 bridgehead atoms. The highest BCUT2D eigenvalue weighted by molar-refractivity contribution is 5.64. The fraction of sp³-hybridized carbons (Fsp3) is 0.464. The average Bonchev–Trinajstić information content (AvgIpc) is 2.78. The van der Waals surface area contributed by atoms with Gasteiger partial charge in [-0.1, -0.05) is 74.4 Å². The molecule has 1 nitrogen and oxygen atoms in total. The van der Waals surface area contributed by atoms with Gasteiger partial charge < -0.3 is 0 Å². The third-order valence-corrected chi connectivity index (χ3v) is 6.52. The minimum Gasteiger partial charge on any atom is -0.193 e. The number of rotatable bonds is 9. The fourth-order valence-corrected chi connectivity index (χ4v) is 4.64. The molecule has 0 aliphatic heterocycles. The van der Waals surface area contributed by atoms with Crippen LogP contribution < -0.4 is 0 Å². The van der Waals surface area contributed by atoms with E-state index in [-0.39, 0.29) is 0 Å². The maximum absolute atomic E-state index is 8.57. The summed E-state index contributed by atoms with van der Waals surface area (Å²) in [7, 11) is 0. The molecule has 1 aliphatic carbocycles. The van der Waals surface area contributed by atoms with Crippen LogP contribution in [0.15, 0.2) is 60.7 Å². The van der Waals surface area contributed by atoms with Crippen LogP contribution in [-0.2, 0) is 6.42 Å². The third kappa shape index (κ3) is 6.60. The summed E-state index contributed by atoms with van der Waals surface area (Å²) in [4.78, 5) is 0. The Morgan fingerprint density at radius 1 is 0.897 bits per heavy atom. The highest BCUT2D eigenvalue weighted by Gasteiger charge is 2.21. The summed E-state index contributed by atoms with van der Waals surface area (Å²) in [5, 5.41) is 8.57. The summed E-state index contributed by atoms with van der Waals surface area (Å²) in [6, 6.07) is 20.6. The Balaban J connectivity index is 1.50. The Hall–Kier alpha value is -2.33. The van der Waals surface area contributed by atoms with Crippen LogP contribution in [0.5, 0.6) is 0 Å². The van der Waals surface area contributed by atoms with Gasteiger partial charge in [-0.25, -0.2) is 0 Å². The number of hydrogen-bond donors (Lipinski definition) is 0. The second-order valence-corrected chi connectivity index (χ2v) is 8.60. The Bertz CT molecular complexity index is 784. The van der Waals surface area contributed by atoms with Gasteiger partial charge in [0.2, 0.25) is 0 Å². The van der Waals surface area contributed by atoms with Gasteiger partial charge in [-0.15, -0.1) is 0 Å². The van der Waals surface area contributed by atoms with Gasteiger partial charge in [0.1, 0.15) is 0 Å². The van der Waals surface area contributed by atoms with E-state index < -0.39 is 0 Å². The average molecular weight is 386 g/mol. The van der Waals surface area contributed by atoms with Crippen LogP contribution in [0, 0.1) is 17.2 Å². The zero-order chi connectivity index (χ0) is 20.3. The molecule has 0 aromatic heterocycles. The van der Waals surface area contributed by atoms with Crippen molar-refractivity contribution in [2.75, 3.05) is 0 Å². The summed E-state index contributed by atoms with van der Waals surface area (Å²) in [6.45, 7) is 2.26. The van der Waals surface area contributed by atoms with Crippen LogP contribution in [0.25, 0.3) is 11.1 Å². The Morgan fingerprint density at radius 2 is 1.55 bits per heavy atom. The first-order valence-corrected chi connectivity index (χ1v) is 11.5. The molecule has 0 amide bonds. The Labute approximate surface area is 177 Å². The lowest BCUT2D eigenvalue weighted by Crippen LogP contribution is -2.13. The lowest BCUT2D eigenvalue weighted by Gasteiger charge is -2.28. The first-order valence-electron chi connectivity index (χ1n) is 11.5. The van der Waals surface area contributed by atoms with Gasteiger partial charge in [-0.3, -0.25) is 0 Å². The van der Waals surface area contributed by atoms with Crippen LogP contribution >= 0.6 is 0 Å². The van der Waals surface area contributed by atoms with E-state index in [1.165, 1.54) is 80.0 Å². The van der Waals surface area contributed by atoms with Crippen molar-refractivity contribution in [2.24, 2.45) is 5.92 Å². The van der Waals surface area contributed by atoms with E-state index in [2.05, 4.69) is 61.5 Å². The number of hydrogen-bond acceptors (Lipinski definition) is 1. The second kappa shape index (κ2) is 11.6. The molecule has 29 heavy (non-hydrogen) atoms. The third-order valence-electron chi connectivity index (χ3n) is 6.52. The first-order chi connectivity index (χ1) is 14.3. The van der Waals surface area contributed by atoms with Crippen molar-refractivity contribution in [3.05, 3.63) is 71.8 Å². The van der Waals surface area contributed by atoms with Gasteiger partial charge in [0, 0.05) is 6.08 Å². The van der Waals surface area contributed by atoms with Gasteiger partial charge in [0.05, 0.1) is 6.07 Å². The van der Waals surface area contributed by atoms with E-state index in [1.54, 1.807) is 6.08 Å². The number of unbranched alkanes of at least 4 members (excludes halogenated alkanes) is 2. The van der Waals surface area contributed by atoms with Gasteiger partial charge in [0.25, 0.3) is 0 Å². The Kier molecular flexibility index (Phi) is 8.57. The standard InChI is InChI=1S/C28H35N/c1-2-3-5-8-23-10-14-25(15-11-23)27-18-20-28(21-19-27)26-16-12-24(13-17-26)9-6-4-7-22-29/h4,7,10-11,14-15,18-21,24,26H,2-3,5-6,8-9,12-13,16-17H2,1H3/b7-4-. The molecule has 2 aromatic carbocycles. The van der Waals surface area contributed by atoms with Crippen molar-refractivity contribution in [1.82, 2.24) is 0 Å². The van der Waals surface area contributed by atoms with E-state index >= 15 is 0 Å². The summed E-state index contributed by atoms with van der Waals surface area (Å²) < 4.78 is 0. The van der Waals surface area contributed by atoms with Gasteiger partial charge in [-0.05, 0) is 85.5 Å². The first kappa shape index (κ1) is 21.4. The molecule has 152 valence electrons. The van der Waals surface area contributed by atoms with Gasteiger partial charge >= 0.3 is 0 Å². The lowest BCUT2D eigenvalue weighted by molar-refractivity contribution is 0.312. The van der Waals surface area contributed by atoms with Crippen molar-refractivity contribution < 1.29 is 0 Å². The van der Waals surface area contributed by atoms with Crippen molar-refractivity contribution in [1.29, 1.82) is 5.26 Å². The molecule has 0 heterocycles. The molecule has 0 N–H and O–H groups in total. The summed E-state index contributed by atoms with van der Waals surface area (Å²) in [6.07, 6.45) is 16.3. The summed E-state index contributed by atoms with van der Waals surface area (Å²) >= 11 is 0. The van der Waals surface area contributed by atoms with Crippen LogP contribution in [0.1, 0.15) is 81.8 Å². The van der Waals surface area contributed by atoms with Gasteiger partial charge in [0.15, 0.2) is 0 Å². The van der Waals surface area contributed by atoms with Crippen LogP contribution in [0.2, 0.25) is 0 Å². The zero-order valence-corrected chi connectivity index (χ0v) is 17.9. The number of allylic oxidation sites excluding steroid dienone is 2. The zero-order valence-electron chi connectivity index (χ0n) is 17.9. The molecule has 0 spiro atoms. The maximum Gasteiger partial charge on any atom is 0.0908 e. The molecular weight excluding hydrogens is 350 g/mol. The van der Waals surface area contributed by atoms with Crippen molar-refractivity contribution >= 4 is 0 Å². The molecule has 2 aromatic rings. The van der Waals surface area contributed by atoms with Crippen LogP contribution in [-0.4, -0.2) is 0 Å². The van der Waals surface area contributed by atoms with Crippen LogP contribution in [0.4, 0.5) is 0 Å². The largest absolute Gasteiger partial charge is 0.193 e. The van der Waals surface area contributed by atoms with E-state index in [0.29, 0.717) is 0 Å². The Morgan fingerprint density at radius 3 is 2.17 bits per heavy atom. The molecule has 3 rings (SSSR count). The monoisotopic (exact) mass is 385 g/mol. The lowest BCUT2D eigenvalue weighted by atomic mass is 9.77. The fourth-order valence-electron chi connectivity index (χ4n) is 4.64. The highest BCUT2D eigenvalue weighted by atomic mass is 14.3. The van der Waals surface area contributed by atoms with Crippen molar-refractivity contribution in [3.8, 4) is 17.2 Å². The number of benzene rings is 2. The second-order valence-electron chi connectivity index (χ2n) is 8.60. The summed E-state index contributed by atoms with van der Waals surface area (Å²) in [5.74, 6) is 1.56. The minimum atomic E-state index is 0.718.